The lowest BCUT2D eigenvalue weighted by atomic mass is 9.96. The molecular weight excluding hydrogens is 320 g/mol. The van der Waals surface area contributed by atoms with Crippen molar-refractivity contribution in [2.24, 2.45) is 11.7 Å². The number of carbonyl (C=O) groups is 2. The van der Waals surface area contributed by atoms with Crippen LogP contribution in [0.2, 0.25) is 0 Å². The van der Waals surface area contributed by atoms with Crippen molar-refractivity contribution in [1.29, 1.82) is 0 Å². The van der Waals surface area contributed by atoms with E-state index in [1.54, 1.807) is 18.6 Å². The molecule has 2 amide bonds. The first-order valence-corrected chi connectivity index (χ1v) is 8.94. The summed E-state index contributed by atoms with van der Waals surface area (Å²) in [6.07, 6.45) is 7.86. The van der Waals surface area contributed by atoms with Gasteiger partial charge in [-0.2, -0.15) is 0 Å². The SMILES string of the molecule is NC(=O)CN1CCCN(C(=O)C2CCCN(c3cnccn3)C2)CC1. The minimum Gasteiger partial charge on any atom is -0.369 e. The Kier molecular flexibility index (Phi) is 5.80. The van der Waals surface area contributed by atoms with Gasteiger partial charge in [0.2, 0.25) is 11.8 Å². The lowest BCUT2D eigenvalue weighted by molar-refractivity contribution is -0.135. The van der Waals surface area contributed by atoms with Crippen LogP contribution in [0.4, 0.5) is 5.82 Å². The van der Waals surface area contributed by atoms with Crippen LogP contribution in [-0.4, -0.2) is 77.4 Å². The molecule has 3 heterocycles. The van der Waals surface area contributed by atoms with Crippen LogP contribution >= 0.6 is 0 Å². The van der Waals surface area contributed by atoms with Gasteiger partial charge in [0.1, 0.15) is 5.82 Å². The van der Waals surface area contributed by atoms with E-state index in [9.17, 15) is 9.59 Å². The zero-order valence-electron chi connectivity index (χ0n) is 14.5. The maximum atomic E-state index is 13.0. The first kappa shape index (κ1) is 17.6. The molecule has 136 valence electrons. The number of anilines is 1. The maximum absolute atomic E-state index is 13.0. The zero-order valence-corrected chi connectivity index (χ0v) is 14.5. The van der Waals surface area contributed by atoms with Gasteiger partial charge in [0.05, 0.1) is 18.7 Å². The second-order valence-electron chi connectivity index (χ2n) is 6.77. The van der Waals surface area contributed by atoms with Gasteiger partial charge in [0.25, 0.3) is 0 Å². The molecule has 2 aliphatic heterocycles. The Morgan fingerprint density at radius 3 is 2.76 bits per heavy atom. The highest BCUT2D eigenvalue weighted by atomic mass is 16.2. The van der Waals surface area contributed by atoms with Crippen LogP contribution in [0.3, 0.4) is 0 Å². The van der Waals surface area contributed by atoms with E-state index in [1.807, 2.05) is 9.80 Å². The van der Waals surface area contributed by atoms with E-state index in [0.29, 0.717) is 19.6 Å². The number of carbonyl (C=O) groups excluding carboxylic acids is 2. The van der Waals surface area contributed by atoms with Gasteiger partial charge in [-0.3, -0.25) is 19.5 Å². The molecule has 0 aromatic carbocycles. The summed E-state index contributed by atoms with van der Waals surface area (Å²) in [7, 11) is 0. The van der Waals surface area contributed by atoms with Crippen molar-refractivity contribution in [3.8, 4) is 0 Å². The van der Waals surface area contributed by atoms with Gasteiger partial charge in [-0.1, -0.05) is 0 Å². The summed E-state index contributed by atoms with van der Waals surface area (Å²) in [5.41, 5.74) is 5.28. The zero-order chi connectivity index (χ0) is 17.6. The summed E-state index contributed by atoms with van der Waals surface area (Å²) in [4.78, 5) is 38.7. The first-order chi connectivity index (χ1) is 12.1. The molecule has 1 aromatic rings. The summed E-state index contributed by atoms with van der Waals surface area (Å²) < 4.78 is 0. The molecule has 2 aliphatic rings. The number of aromatic nitrogens is 2. The largest absolute Gasteiger partial charge is 0.369 e. The number of hydrogen-bond donors (Lipinski definition) is 1. The van der Waals surface area contributed by atoms with E-state index in [0.717, 1.165) is 44.7 Å². The normalized spacial score (nSPS) is 22.5. The molecule has 0 spiro atoms. The Bertz CT molecular complexity index is 596. The fourth-order valence-corrected chi connectivity index (χ4v) is 3.67. The van der Waals surface area contributed by atoms with Crippen LogP contribution in [0.1, 0.15) is 19.3 Å². The highest BCUT2D eigenvalue weighted by Crippen LogP contribution is 2.23. The molecule has 0 aliphatic carbocycles. The molecule has 8 nitrogen and oxygen atoms in total. The van der Waals surface area contributed by atoms with E-state index >= 15 is 0 Å². The van der Waals surface area contributed by atoms with Crippen molar-refractivity contribution >= 4 is 17.6 Å². The Morgan fingerprint density at radius 1 is 1.12 bits per heavy atom. The highest BCUT2D eigenvalue weighted by Gasteiger charge is 2.30. The van der Waals surface area contributed by atoms with E-state index in [4.69, 9.17) is 5.73 Å². The molecule has 8 heteroatoms. The lowest BCUT2D eigenvalue weighted by Crippen LogP contribution is -2.46. The Hall–Kier alpha value is -2.22. The van der Waals surface area contributed by atoms with Crippen LogP contribution in [0, 0.1) is 5.92 Å². The van der Waals surface area contributed by atoms with E-state index in [1.165, 1.54) is 0 Å². The van der Waals surface area contributed by atoms with Crippen LogP contribution in [-0.2, 0) is 9.59 Å². The number of rotatable bonds is 4. The molecule has 2 fully saturated rings. The molecule has 0 bridgehead atoms. The van der Waals surface area contributed by atoms with Crippen molar-refractivity contribution in [3.63, 3.8) is 0 Å². The van der Waals surface area contributed by atoms with Gasteiger partial charge in [-0.05, 0) is 19.3 Å². The van der Waals surface area contributed by atoms with Crippen LogP contribution in [0.15, 0.2) is 18.6 Å². The number of hydrogen-bond acceptors (Lipinski definition) is 6. The van der Waals surface area contributed by atoms with Crippen LogP contribution in [0.5, 0.6) is 0 Å². The number of primary amides is 1. The molecule has 25 heavy (non-hydrogen) atoms. The number of nitrogens with zero attached hydrogens (tertiary/aromatic N) is 5. The minimum absolute atomic E-state index is 0.00144. The monoisotopic (exact) mass is 346 g/mol. The van der Waals surface area contributed by atoms with Gasteiger partial charge < -0.3 is 15.5 Å². The number of amides is 2. The van der Waals surface area contributed by atoms with Gasteiger partial charge in [-0.25, -0.2) is 4.98 Å². The third-order valence-corrected chi connectivity index (χ3v) is 4.92. The Labute approximate surface area is 148 Å². The molecule has 0 saturated carbocycles. The van der Waals surface area contributed by atoms with Gasteiger partial charge in [0, 0.05) is 51.7 Å². The second kappa shape index (κ2) is 8.24. The standard InChI is InChI=1S/C17H26N6O2/c18-15(24)13-21-6-2-8-22(10-9-21)17(25)14-3-1-7-23(12-14)16-11-19-4-5-20-16/h4-5,11,14H,1-3,6-10,12-13H2,(H2,18,24). The van der Waals surface area contributed by atoms with Crippen molar-refractivity contribution in [2.75, 3.05) is 50.7 Å². The third-order valence-electron chi connectivity index (χ3n) is 4.92. The van der Waals surface area contributed by atoms with E-state index < -0.39 is 0 Å². The topological polar surface area (TPSA) is 95.7 Å². The summed E-state index contributed by atoms with van der Waals surface area (Å²) in [5.74, 6) is 0.739. The molecular formula is C17H26N6O2. The quantitative estimate of drug-likeness (QED) is 0.805. The van der Waals surface area contributed by atoms with Crippen molar-refractivity contribution in [2.45, 2.75) is 19.3 Å². The fraction of sp³-hybridized carbons (Fsp3) is 0.647. The molecule has 2 N–H and O–H groups in total. The van der Waals surface area contributed by atoms with Crippen molar-refractivity contribution in [3.05, 3.63) is 18.6 Å². The Morgan fingerprint density at radius 2 is 2.00 bits per heavy atom. The minimum atomic E-state index is -0.313. The number of piperidine rings is 1. The molecule has 1 atom stereocenters. The fourth-order valence-electron chi connectivity index (χ4n) is 3.67. The van der Waals surface area contributed by atoms with Crippen LogP contribution < -0.4 is 10.6 Å². The number of nitrogens with two attached hydrogens (primary N) is 1. The van der Waals surface area contributed by atoms with Gasteiger partial charge in [-0.15, -0.1) is 0 Å². The summed E-state index contributed by atoms with van der Waals surface area (Å²) in [6, 6.07) is 0. The Balaban J connectivity index is 1.57. The smallest absolute Gasteiger partial charge is 0.231 e. The van der Waals surface area contributed by atoms with Gasteiger partial charge >= 0.3 is 0 Å². The highest BCUT2D eigenvalue weighted by molar-refractivity contribution is 5.80. The molecule has 3 rings (SSSR count). The van der Waals surface area contributed by atoms with E-state index in [2.05, 4.69) is 14.9 Å². The molecule has 2 saturated heterocycles. The van der Waals surface area contributed by atoms with Gasteiger partial charge in [0.15, 0.2) is 0 Å². The van der Waals surface area contributed by atoms with Crippen molar-refractivity contribution in [1.82, 2.24) is 19.8 Å². The molecule has 1 unspecified atom stereocenters. The van der Waals surface area contributed by atoms with Crippen molar-refractivity contribution < 1.29 is 9.59 Å². The molecule has 0 radical (unpaired) electrons. The predicted octanol–water partition coefficient (Wildman–Crippen LogP) is -0.287. The summed E-state index contributed by atoms with van der Waals surface area (Å²) in [6.45, 7) is 4.79. The third kappa shape index (κ3) is 4.66. The first-order valence-electron chi connectivity index (χ1n) is 8.94. The lowest BCUT2D eigenvalue weighted by Gasteiger charge is -2.35. The summed E-state index contributed by atoms with van der Waals surface area (Å²) in [5, 5.41) is 0. The second-order valence-corrected chi connectivity index (χ2v) is 6.77. The maximum Gasteiger partial charge on any atom is 0.231 e. The molecule has 1 aromatic heterocycles. The van der Waals surface area contributed by atoms with Crippen LogP contribution in [0.25, 0.3) is 0 Å². The average molecular weight is 346 g/mol. The summed E-state index contributed by atoms with van der Waals surface area (Å²) >= 11 is 0. The van der Waals surface area contributed by atoms with E-state index in [-0.39, 0.29) is 24.3 Å². The average Bonchev–Trinajstić information content (AvgIpc) is 2.87. The predicted molar refractivity (Wildman–Crippen MR) is 93.8 cm³/mol.